The number of carbonyl (C=O) groups excluding carboxylic acids is 2. The van der Waals surface area contributed by atoms with Gasteiger partial charge in [0.25, 0.3) is 0 Å². The lowest BCUT2D eigenvalue weighted by Crippen LogP contribution is -2.22. The Bertz CT molecular complexity index is 626. The van der Waals surface area contributed by atoms with E-state index in [2.05, 4.69) is 10.3 Å². The molecule has 0 saturated heterocycles. The fourth-order valence-electron chi connectivity index (χ4n) is 1.57. The summed E-state index contributed by atoms with van der Waals surface area (Å²) < 4.78 is 0. The first-order valence-electron chi connectivity index (χ1n) is 6.49. The van der Waals surface area contributed by atoms with Crippen LogP contribution in [0.15, 0.2) is 35.7 Å². The zero-order valence-corrected chi connectivity index (χ0v) is 13.5. The summed E-state index contributed by atoms with van der Waals surface area (Å²) >= 11 is 2.83. The molecule has 1 aromatic heterocycles. The molecule has 1 heterocycles. The van der Waals surface area contributed by atoms with Gasteiger partial charge in [0, 0.05) is 18.1 Å². The minimum atomic E-state index is -0.185. The molecule has 110 valence electrons. The summed E-state index contributed by atoms with van der Waals surface area (Å²) in [5.41, 5.74) is 1.58. The van der Waals surface area contributed by atoms with Crippen molar-refractivity contribution in [2.75, 3.05) is 5.32 Å². The highest BCUT2D eigenvalue weighted by atomic mass is 32.2. The van der Waals surface area contributed by atoms with E-state index in [0.717, 1.165) is 5.75 Å². The third kappa shape index (κ3) is 4.68. The summed E-state index contributed by atoms with van der Waals surface area (Å²) in [5, 5.41) is 4.69. The Balaban J connectivity index is 1.85. The average Bonchev–Trinajstić information content (AvgIpc) is 2.94. The van der Waals surface area contributed by atoms with Crippen molar-refractivity contribution >= 4 is 39.9 Å². The number of benzene rings is 1. The van der Waals surface area contributed by atoms with Crippen LogP contribution in [0, 0.1) is 0 Å². The van der Waals surface area contributed by atoms with Gasteiger partial charge in [0.1, 0.15) is 5.69 Å². The second-order valence-corrected chi connectivity index (χ2v) is 6.71. The van der Waals surface area contributed by atoms with Crippen molar-refractivity contribution < 1.29 is 9.59 Å². The molecule has 4 nitrogen and oxygen atoms in total. The van der Waals surface area contributed by atoms with E-state index >= 15 is 0 Å². The average molecular weight is 320 g/mol. The number of hydrogen-bond acceptors (Lipinski definition) is 5. The summed E-state index contributed by atoms with van der Waals surface area (Å²) in [6, 6.07) is 10.0. The Morgan fingerprint density at radius 3 is 2.67 bits per heavy atom. The van der Waals surface area contributed by atoms with Gasteiger partial charge in [0.15, 0.2) is 10.9 Å². The van der Waals surface area contributed by atoms with Crippen LogP contribution >= 0.6 is 23.1 Å². The van der Waals surface area contributed by atoms with E-state index in [0.29, 0.717) is 10.8 Å². The van der Waals surface area contributed by atoms with Gasteiger partial charge in [0.05, 0.1) is 5.25 Å². The van der Waals surface area contributed by atoms with Crippen molar-refractivity contribution in [3.8, 4) is 0 Å². The van der Waals surface area contributed by atoms with Gasteiger partial charge in [-0.3, -0.25) is 9.59 Å². The number of nitrogens with one attached hydrogen (secondary N) is 1. The van der Waals surface area contributed by atoms with Crippen molar-refractivity contribution in [3.63, 3.8) is 0 Å². The first kappa shape index (κ1) is 15.7. The second-order valence-electron chi connectivity index (χ2n) is 4.52. The predicted molar refractivity (Wildman–Crippen MR) is 87.9 cm³/mol. The molecule has 1 amide bonds. The number of nitrogens with zero attached hydrogens (tertiary/aromatic N) is 1. The number of rotatable bonds is 6. The first-order chi connectivity index (χ1) is 10.1. The van der Waals surface area contributed by atoms with E-state index in [1.165, 1.54) is 23.8 Å². The molecule has 2 rings (SSSR count). The smallest absolute Gasteiger partial charge is 0.238 e. The molecule has 1 N–H and O–H groups in total. The lowest BCUT2D eigenvalue weighted by atomic mass is 10.2. The first-order valence-corrected chi connectivity index (χ1v) is 8.42. The number of carbonyl (C=O) groups is 2. The lowest BCUT2D eigenvalue weighted by Gasteiger charge is -2.10. The van der Waals surface area contributed by atoms with E-state index in [-0.39, 0.29) is 16.9 Å². The van der Waals surface area contributed by atoms with Gasteiger partial charge in [-0.05, 0) is 12.5 Å². The molecule has 0 aliphatic heterocycles. The molecule has 6 heteroatoms. The number of hydrogen-bond donors (Lipinski definition) is 1. The van der Waals surface area contributed by atoms with E-state index < -0.39 is 0 Å². The van der Waals surface area contributed by atoms with Crippen LogP contribution in [0.1, 0.15) is 29.9 Å². The molecule has 0 spiro atoms. The third-order valence-corrected chi connectivity index (χ3v) is 4.78. The van der Waals surface area contributed by atoms with Crippen LogP contribution < -0.4 is 5.32 Å². The van der Waals surface area contributed by atoms with Crippen LogP contribution in [0.4, 0.5) is 5.13 Å². The van der Waals surface area contributed by atoms with Crippen molar-refractivity contribution in [1.82, 2.24) is 4.98 Å². The normalized spacial score (nSPS) is 11.9. The predicted octanol–water partition coefficient (Wildman–Crippen LogP) is 3.61. The molecule has 0 fully saturated rings. The number of thioether (sulfide) groups is 1. The zero-order chi connectivity index (χ0) is 15.2. The standard InChI is InChI=1S/C15H16N2O2S2/c1-10(18)13-9-21-15(16-13)17-14(19)11(2)20-8-12-6-4-3-5-7-12/h3-7,9,11H,8H2,1-2H3,(H,16,17,19)/t11-/m1/s1. The molecule has 0 unspecified atom stereocenters. The van der Waals surface area contributed by atoms with Gasteiger partial charge in [-0.2, -0.15) is 0 Å². The quantitative estimate of drug-likeness (QED) is 0.826. The van der Waals surface area contributed by atoms with Crippen LogP contribution in [0.3, 0.4) is 0 Å². The van der Waals surface area contributed by atoms with Gasteiger partial charge < -0.3 is 5.32 Å². The van der Waals surface area contributed by atoms with Crippen LogP contribution in [0.2, 0.25) is 0 Å². The monoisotopic (exact) mass is 320 g/mol. The minimum absolute atomic E-state index is 0.0969. The van der Waals surface area contributed by atoms with E-state index in [4.69, 9.17) is 0 Å². The van der Waals surface area contributed by atoms with E-state index in [9.17, 15) is 9.59 Å². The van der Waals surface area contributed by atoms with Crippen LogP contribution in [0.5, 0.6) is 0 Å². The number of ketones is 1. The van der Waals surface area contributed by atoms with Gasteiger partial charge in [-0.15, -0.1) is 23.1 Å². The Kier molecular flexibility index (Phi) is 5.52. The molecule has 21 heavy (non-hydrogen) atoms. The molecule has 1 aromatic carbocycles. The maximum absolute atomic E-state index is 12.1. The highest BCUT2D eigenvalue weighted by Crippen LogP contribution is 2.21. The zero-order valence-electron chi connectivity index (χ0n) is 11.8. The molecule has 2 aromatic rings. The van der Waals surface area contributed by atoms with Crippen molar-refractivity contribution in [2.24, 2.45) is 0 Å². The topological polar surface area (TPSA) is 59.1 Å². The Morgan fingerprint density at radius 2 is 2.05 bits per heavy atom. The molecule has 0 aliphatic carbocycles. The SMILES string of the molecule is CC(=O)c1csc(NC(=O)[C@@H](C)SCc2ccccc2)n1. The summed E-state index contributed by atoms with van der Waals surface area (Å²) in [5.74, 6) is 0.588. The van der Waals surface area contributed by atoms with Crippen LogP contribution in [-0.4, -0.2) is 21.9 Å². The maximum Gasteiger partial charge on any atom is 0.238 e. The number of amides is 1. The second kappa shape index (κ2) is 7.38. The minimum Gasteiger partial charge on any atom is -0.301 e. The summed E-state index contributed by atoms with van der Waals surface area (Å²) in [6.45, 7) is 3.32. The number of anilines is 1. The Morgan fingerprint density at radius 1 is 1.33 bits per heavy atom. The molecule has 0 aliphatic rings. The van der Waals surface area contributed by atoms with Gasteiger partial charge in [-0.25, -0.2) is 4.98 Å². The third-order valence-electron chi connectivity index (χ3n) is 2.81. The number of thiazole rings is 1. The molecule has 0 saturated carbocycles. The fraction of sp³-hybridized carbons (Fsp3) is 0.267. The maximum atomic E-state index is 12.1. The summed E-state index contributed by atoms with van der Waals surface area (Å²) in [4.78, 5) is 27.3. The van der Waals surface area contributed by atoms with Gasteiger partial charge in [-0.1, -0.05) is 30.3 Å². The molecule has 0 radical (unpaired) electrons. The van der Waals surface area contributed by atoms with E-state index in [1.807, 2.05) is 37.3 Å². The number of Topliss-reactive ketones (excluding diaryl/α,β-unsaturated/α-hetero) is 1. The fourth-order valence-corrected chi connectivity index (χ4v) is 3.17. The lowest BCUT2D eigenvalue weighted by molar-refractivity contribution is -0.115. The van der Waals surface area contributed by atoms with Crippen molar-refractivity contribution in [3.05, 3.63) is 47.0 Å². The van der Waals surface area contributed by atoms with Crippen LogP contribution in [0.25, 0.3) is 0 Å². The summed E-state index contributed by atoms with van der Waals surface area (Å²) in [6.07, 6.45) is 0. The van der Waals surface area contributed by atoms with Gasteiger partial charge >= 0.3 is 0 Å². The highest BCUT2D eigenvalue weighted by molar-refractivity contribution is 7.99. The van der Waals surface area contributed by atoms with E-state index in [1.54, 1.807) is 17.1 Å². The molecular weight excluding hydrogens is 304 g/mol. The Hall–Kier alpha value is -1.66. The largest absolute Gasteiger partial charge is 0.301 e. The summed E-state index contributed by atoms with van der Waals surface area (Å²) in [7, 11) is 0. The van der Waals surface area contributed by atoms with Crippen molar-refractivity contribution in [1.29, 1.82) is 0 Å². The van der Waals surface area contributed by atoms with Crippen molar-refractivity contribution in [2.45, 2.75) is 24.9 Å². The van der Waals surface area contributed by atoms with Gasteiger partial charge in [0.2, 0.25) is 5.91 Å². The molecular formula is C15H16N2O2S2. The highest BCUT2D eigenvalue weighted by Gasteiger charge is 2.15. The molecule has 1 atom stereocenters. The molecule has 0 bridgehead atoms. The Labute approximate surface area is 132 Å². The number of aromatic nitrogens is 1. The van der Waals surface area contributed by atoms with Crippen LogP contribution in [-0.2, 0) is 10.5 Å².